The molecule has 0 aliphatic heterocycles. The van der Waals surface area contributed by atoms with Crippen LogP contribution in [0.5, 0.6) is 0 Å². The Labute approximate surface area is 103 Å². The SMILES string of the molecule is Cc1ccccc1[C@@H]1CCC[C@H](CCO)[C@@H]1O. The van der Waals surface area contributed by atoms with Gasteiger partial charge in [0.25, 0.3) is 0 Å². The Morgan fingerprint density at radius 1 is 1.24 bits per heavy atom. The summed E-state index contributed by atoms with van der Waals surface area (Å²) in [5, 5.41) is 19.5. The van der Waals surface area contributed by atoms with Crippen molar-refractivity contribution < 1.29 is 10.2 Å². The predicted molar refractivity (Wildman–Crippen MR) is 69.0 cm³/mol. The lowest BCUT2D eigenvalue weighted by Gasteiger charge is -2.35. The van der Waals surface area contributed by atoms with E-state index in [1.807, 2.05) is 12.1 Å². The summed E-state index contributed by atoms with van der Waals surface area (Å²) in [4.78, 5) is 0. The third kappa shape index (κ3) is 2.70. The van der Waals surface area contributed by atoms with Crippen LogP contribution in [-0.4, -0.2) is 22.9 Å². The van der Waals surface area contributed by atoms with E-state index >= 15 is 0 Å². The van der Waals surface area contributed by atoms with E-state index in [0.717, 1.165) is 25.7 Å². The normalized spacial score (nSPS) is 29.2. The zero-order valence-electron chi connectivity index (χ0n) is 10.5. The van der Waals surface area contributed by atoms with Gasteiger partial charge >= 0.3 is 0 Å². The van der Waals surface area contributed by atoms with Crippen LogP contribution >= 0.6 is 0 Å². The molecule has 0 spiro atoms. The molecule has 0 unspecified atom stereocenters. The van der Waals surface area contributed by atoms with E-state index in [9.17, 15) is 5.11 Å². The molecule has 1 aromatic carbocycles. The van der Waals surface area contributed by atoms with Crippen LogP contribution in [0.1, 0.15) is 42.7 Å². The summed E-state index contributed by atoms with van der Waals surface area (Å²) in [7, 11) is 0. The summed E-state index contributed by atoms with van der Waals surface area (Å²) < 4.78 is 0. The Morgan fingerprint density at radius 2 is 2.00 bits per heavy atom. The molecule has 2 N–H and O–H groups in total. The highest BCUT2D eigenvalue weighted by Gasteiger charge is 2.32. The number of hydrogen-bond acceptors (Lipinski definition) is 2. The smallest absolute Gasteiger partial charge is 0.0637 e. The summed E-state index contributed by atoms with van der Waals surface area (Å²) in [6, 6.07) is 8.33. The first-order valence-electron chi connectivity index (χ1n) is 6.58. The van der Waals surface area contributed by atoms with Crippen LogP contribution in [-0.2, 0) is 0 Å². The van der Waals surface area contributed by atoms with Crippen molar-refractivity contribution in [2.24, 2.45) is 5.92 Å². The number of aryl methyl sites for hydroxylation is 1. The van der Waals surface area contributed by atoms with Gasteiger partial charge in [-0.2, -0.15) is 0 Å². The van der Waals surface area contributed by atoms with E-state index in [0.29, 0.717) is 0 Å². The van der Waals surface area contributed by atoms with Crippen LogP contribution in [0.25, 0.3) is 0 Å². The minimum Gasteiger partial charge on any atom is -0.396 e. The van der Waals surface area contributed by atoms with Crippen LogP contribution in [0.3, 0.4) is 0 Å². The summed E-state index contributed by atoms with van der Waals surface area (Å²) >= 11 is 0. The first-order chi connectivity index (χ1) is 8.24. The fourth-order valence-electron chi connectivity index (χ4n) is 3.09. The lowest BCUT2D eigenvalue weighted by atomic mass is 9.73. The molecule has 1 saturated carbocycles. The van der Waals surface area contributed by atoms with Crippen LogP contribution in [0.4, 0.5) is 0 Å². The highest BCUT2D eigenvalue weighted by molar-refractivity contribution is 5.30. The van der Waals surface area contributed by atoms with Gasteiger partial charge in [-0.25, -0.2) is 0 Å². The zero-order valence-corrected chi connectivity index (χ0v) is 10.5. The van der Waals surface area contributed by atoms with E-state index in [1.165, 1.54) is 11.1 Å². The van der Waals surface area contributed by atoms with Crippen LogP contribution in [0.15, 0.2) is 24.3 Å². The predicted octanol–water partition coefficient (Wildman–Crippen LogP) is 2.62. The van der Waals surface area contributed by atoms with Gasteiger partial charge in [0.15, 0.2) is 0 Å². The van der Waals surface area contributed by atoms with Crippen molar-refractivity contribution in [3.05, 3.63) is 35.4 Å². The second-order valence-corrected chi connectivity index (χ2v) is 5.16. The molecule has 1 aliphatic carbocycles. The minimum atomic E-state index is -0.294. The summed E-state index contributed by atoms with van der Waals surface area (Å²) in [6.07, 6.45) is 3.69. The second kappa shape index (κ2) is 5.65. The fraction of sp³-hybridized carbons (Fsp3) is 0.600. The Bertz CT molecular complexity index is 360. The molecule has 0 amide bonds. The molecular weight excluding hydrogens is 212 g/mol. The summed E-state index contributed by atoms with van der Waals surface area (Å²) in [5.74, 6) is 0.514. The van der Waals surface area contributed by atoms with Gasteiger partial charge in [-0.05, 0) is 43.2 Å². The molecule has 2 nitrogen and oxygen atoms in total. The summed E-state index contributed by atoms with van der Waals surface area (Å²) in [5.41, 5.74) is 2.55. The standard InChI is InChI=1S/C15H22O2/c1-11-5-2-3-7-13(11)14-8-4-6-12(9-10-16)15(14)17/h2-3,5,7,12,14-17H,4,6,8-10H2,1H3/t12-,14+,15+/m1/s1. The third-order valence-corrected chi connectivity index (χ3v) is 4.07. The molecule has 2 heteroatoms. The molecule has 17 heavy (non-hydrogen) atoms. The van der Waals surface area contributed by atoms with Crippen molar-refractivity contribution >= 4 is 0 Å². The van der Waals surface area contributed by atoms with Gasteiger partial charge in [-0.15, -0.1) is 0 Å². The number of rotatable bonds is 3. The molecule has 0 aromatic heterocycles. The van der Waals surface area contributed by atoms with Gasteiger partial charge in [0.2, 0.25) is 0 Å². The van der Waals surface area contributed by atoms with Crippen LogP contribution in [0, 0.1) is 12.8 Å². The van der Waals surface area contributed by atoms with E-state index < -0.39 is 0 Å². The Morgan fingerprint density at radius 3 is 2.71 bits per heavy atom. The maximum atomic E-state index is 10.4. The topological polar surface area (TPSA) is 40.5 Å². The first kappa shape index (κ1) is 12.6. The Hall–Kier alpha value is -0.860. The molecule has 94 valence electrons. The molecule has 1 aromatic rings. The quantitative estimate of drug-likeness (QED) is 0.844. The van der Waals surface area contributed by atoms with Crippen molar-refractivity contribution in [1.29, 1.82) is 0 Å². The fourth-order valence-corrected chi connectivity index (χ4v) is 3.09. The van der Waals surface area contributed by atoms with Crippen LogP contribution < -0.4 is 0 Å². The minimum absolute atomic E-state index is 0.183. The number of hydrogen-bond donors (Lipinski definition) is 2. The van der Waals surface area contributed by atoms with Crippen molar-refractivity contribution in [1.82, 2.24) is 0 Å². The third-order valence-electron chi connectivity index (χ3n) is 4.07. The lowest BCUT2D eigenvalue weighted by Crippen LogP contribution is -2.32. The molecule has 0 heterocycles. The summed E-state index contributed by atoms with van der Waals surface area (Å²) in [6.45, 7) is 2.29. The highest BCUT2D eigenvalue weighted by atomic mass is 16.3. The largest absolute Gasteiger partial charge is 0.396 e. The van der Waals surface area contributed by atoms with Gasteiger partial charge in [0, 0.05) is 12.5 Å². The molecule has 2 rings (SSSR count). The van der Waals surface area contributed by atoms with Gasteiger partial charge in [0.05, 0.1) is 6.10 Å². The molecule has 3 atom stereocenters. The van der Waals surface area contributed by atoms with E-state index in [-0.39, 0.29) is 24.5 Å². The monoisotopic (exact) mass is 234 g/mol. The average Bonchev–Trinajstić information content (AvgIpc) is 2.33. The zero-order chi connectivity index (χ0) is 12.3. The van der Waals surface area contributed by atoms with Crippen molar-refractivity contribution in [3.63, 3.8) is 0 Å². The molecule has 1 aliphatic rings. The van der Waals surface area contributed by atoms with Gasteiger partial charge in [0.1, 0.15) is 0 Å². The van der Waals surface area contributed by atoms with Gasteiger partial charge in [-0.3, -0.25) is 0 Å². The maximum Gasteiger partial charge on any atom is 0.0637 e. The van der Waals surface area contributed by atoms with Gasteiger partial charge < -0.3 is 10.2 Å². The number of benzene rings is 1. The van der Waals surface area contributed by atoms with Gasteiger partial charge in [-0.1, -0.05) is 30.7 Å². The molecular formula is C15H22O2. The van der Waals surface area contributed by atoms with Crippen molar-refractivity contribution in [3.8, 4) is 0 Å². The maximum absolute atomic E-state index is 10.4. The average molecular weight is 234 g/mol. The molecule has 1 fully saturated rings. The van der Waals surface area contributed by atoms with E-state index in [4.69, 9.17) is 5.11 Å². The lowest BCUT2D eigenvalue weighted by molar-refractivity contribution is 0.0360. The molecule has 0 saturated heterocycles. The highest BCUT2D eigenvalue weighted by Crippen LogP contribution is 2.38. The van der Waals surface area contributed by atoms with E-state index in [2.05, 4.69) is 19.1 Å². The first-order valence-corrected chi connectivity index (χ1v) is 6.58. The van der Waals surface area contributed by atoms with Crippen molar-refractivity contribution in [2.75, 3.05) is 6.61 Å². The number of aliphatic hydroxyl groups is 2. The molecule has 0 bridgehead atoms. The number of aliphatic hydroxyl groups excluding tert-OH is 2. The van der Waals surface area contributed by atoms with Crippen LogP contribution in [0.2, 0.25) is 0 Å². The van der Waals surface area contributed by atoms with Crippen molar-refractivity contribution in [2.45, 2.75) is 44.6 Å². The van der Waals surface area contributed by atoms with E-state index in [1.54, 1.807) is 0 Å². The molecule has 0 radical (unpaired) electrons. The Kier molecular flexibility index (Phi) is 4.19. The Balaban J connectivity index is 2.18. The second-order valence-electron chi connectivity index (χ2n) is 5.16.